The first-order valence-electron chi connectivity index (χ1n) is 6.17. The number of rotatable bonds is 8. The van der Waals surface area contributed by atoms with Crippen molar-refractivity contribution in [3.63, 3.8) is 0 Å². The molecule has 0 saturated heterocycles. The van der Waals surface area contributed by atoms with Crippen molar-refractivity contribution in [1.29, 1.82) is 0 Å². The van der Waals surface area contributed by atoms with Gasteiger partial charge in [0.25, 0.3) is 0 Å². The van der Waals surface area contributed by atoms with Gasteiger partial charge in [-0.3, -0.25) is 9.48 Å². The Labute approximate surface area is 116 Å². The first-order chi connectivity index (χ1) is 9.34. The topological polar surface area (TPSA) is 56.1 Å². The number of amides is 1. The molecule has 0 unspecified atom stereocenters. The van der Waals surface area contributed by atoms with Crippen LogP contribution in [0.2, 0.25) is 0 Å². The van der Waals surface area contributed by atoms with Crippen LogP contribution in [0.15, 0.2) is 35.3 Å². The summed E-state index contributed by atoms with van der Waals surface area (Å²) >= 11 is 1.60. The number of nitrogens with zero attached hydrogens (tertiary/aromatic N) is 2. The molecule has 102 valence electrons. The highest BCUT2D eigenvalue weighted by atomic mass is 32.1. The van der Waals surface area contributed by atoms with E-state index in [9.17, 15) is 4.79 Å². The minimum atomic E-state index is 0.0362. The Hall–Kier alpha value is -1.66. The highest BCUT2D eigenvalue weighted by Crippen LogP contribution is 2.05. The highest BCUT2D eigenvalue weighted by Gasteiger charge is 2.02. The Balaban J connectivity index is 1.48. The third-order valence-electron chi connectivity index (χ3n) is 2.54. The molecule has 2 aromatic rings. The second-order valence-electron chi connectivity index (χ2n) is 4.04. The van der Waals surface area contributed by atoms with E-state index in [2.05, 4.69) is 10.4 Å². The van der Waals surface area contributed by atoms with Gasteiger partial charge >= 0.3 is 0 Å². The van der Waals surface area contributed by atoms with Crippen LogP contribution in [0.4, 0.5) is 0 Å². The van der Waals surface area contributed by atoms with Crippen LogP contribution in [0, 0.1) is 0 Å². The van der Waals surface area contributed by atoms with Gasteiger partial charge in [0.15, 0.2) is 0 Å². The second-order valence-corrected chi connectivity index (χ2v) is 4.82. The minimum Gasteiger partial charge on any atom is -0.378 e. The fourth-order valence-electron chi connectivity index (χ4n) is 1.60. The van der Waals surface area contributed by atoms with Gasteiger partial charge in [-0.1, -0.05) is 0 Å². The Morgan fingerprint density at radius 2 is 2.42 bits per heavy atom. The first-order valence-corrected chi connectivity index (χ1v) is 7.12. The Morgan fingerprint density at radius 3 is 3.16 bits per heavy atom. The van der Waals surface area contributed by atoms with Crippen LogP contribution in [0.3, 0.4) is 0 Å². The van der Waals surface area contributed by atoms with Gasteiger partial charge in [-0.05, 0) is 28.5 Å². The molecule has 19 heavy (non-hydrogen) atoms. The van der Waals surface area contributed by atoms with Crippen molar-refractivity contribution < 1.29 is 9.53 Å². The Kier molecular flexibility index (Phi) is 5.58. The number of ether oxygens (including phenoxy) is 1. The van der Waals surface area contributed by atoms with E-state index in [0.717, 1.165) is 12.1 Å². The molecule has 1 N–H and O–H groups in total. The molecule has 0 aliphatic heterocycles. The SMILES string of the molecule is O=C(Cc1ccsc1)NCCOCCn1cccn1. The van der Waals surface area contributed by atoms with Gasteiger partial charge < -0.3 is 10.1 Å². The van der Waals surface area contributed by atoms with E-state index in [-0.39, 0.29) is 5.91 Å². The molecule has 0 spiro atoms. The minimum absolute atomic E-state index is 0.0362. The molecule has 2 heterocycles. The number of aromatic nitrogens is 2. The number of nitrogens with one attached hydrogen (secondary N) is 1. The van der Waals surface area contributed by atoms with Crippen LogP contribution in [-0.4, -0.2) is 35.4 Å². The molecule has 2 aromatic heterocycles. The van der Waals surface area contributed by atoms with Crippen LogP contribution in [0.25, 0.3) is 0 Å². The fraction of sp³-hybridized carbons (Fsp3) is 0.385. The van der Waals surface area contributed by atoms with E-state index in [0.29, 0.717) is 26.2 Å². The summed E-state index contributed by atoms with van der Waals surface area (Å²) in [5.74, 6) is 0.0362. The lowest BCUT2D eigenvalue weighted by Gasteiger charge is -2.06. The maximum atomic E-state index is 11.6. The van der Waals surface area contributed by atoms with Gasteiger partial charge in [0.05, 0.1) is 26.2 Å². The lowest BCUT2D eigenvalue weighted by Crippen LogP contribution is -2.28. The zero-order valence-electron chi connectivity index (χ0n) is 10.6. The van der Waals surface area contributed by atoms with E-state index < -0.39 is 0 Å². The van der Waals surface area contributed by atoms with Gasteiger partial charge in [-0.15, -0.1) is 0 Å². The van der Waals surface area contributed by atoms with Gasteiger partial charge in [0.1, 0.15) is 0 Å². The Morgan fingerprint density at radius 1 is 1.47 bits per heavy atom. The third kappa shape index (κ3) is 5.23. The van der Waals surface area contributed by atoms with Gasteiger partial charge in [0.2, 0.25) is 5.91 Å². The van der Waals surface area contributed by atoms with Gasteiger partial charge in [0, 0.05) is 18.9 Å². The number of thiophene rings is 1. The third-order valence-corrected chi connectivity index (χ3v) is 3.27. The molecule has 0 aliphatic rings. The summed E-state index contributed by atoms with van der Waals surface area (Å²) in [6.45, 7) is 2.40. The van der Waals surface area contributed by atoms with Crippen LogP contribution in [-0.2, 0) is 22.5 Å². The van der Waals surface area contributed by atoms with E-state index in [1.165, 1.54) is 0 Å². The lowest BCUT2D eigenvalue weighted by molar-refractivity contribution is -0.120. The number of carbonyl (C=O) groups is 1. The molecule has 0 fully saturated rings. The Bertz CT molecular complexity index is 468. The van der Waals surface area contributed by atoms with Crippen LogP contribution < -0.4 is 5.32 Å². The lowest BCUT2D eigenvalue weighted by atomic mass is 10.2. The van der Waals surface area contributed by atoms with E-state index in [1.54, 1.807) is 17.5 Å². The smallest absolute Gasteiger partial charge is 0.224 e. The molecular weight excluding hydrogens is 262 g/mol. The van der Waals surface area contributed by atoms with Crippen molar-refractivity contribution in [2.75, 3.05) is 19.8 Å². The molecule has 1 amide bonds. The molecular formula is C13H17N3O2S. The fourth-order valence-corrected chi connectivity index (χ4v) is 2.27. The summed E-state index contributed by atoms with van der Waals surface area (Å²) in [5.41, 5.74) is 1.06. The zero-order valence-corrected chi connectivity index (χ0v) is 11.4. The van der Waals surface area contributed by atoms with Gasteiger partial charge in [-0.2, -0.15) is 16.4 Å². The van der Waals surface area contributed by atoms with E-state index in [4.69, 9.17) is 4.74 Å². The molecule has 0 aliphatic carbocycles. The molecule has 5 nitrogen and oxygen atoms in total. The van der Waals surface area contributed by atoms with Crippen molar-refractivity contribution in [3.05, 3.63) is 40.8 Å². The molecule has 0 bridgehead atoms. The van der Waals surface area contributed by atoms with Crippen molar-refractivity contribution >= 4 is 17.2 Å². The molecule has 0 aromatic carbocycles. The van der Waals surface area contributed by atoms with Crippen LogP contribution in [0.1, 0.15) is 5.56 Å². The highest BCUT2D eigenvalue weighted by molar-refractivity contribution is 7.07. The summed E-state index contributed by atoms with van der Waals surface area (Å²) in [7, 11) is 0. The number of carbonyl (C=O) groups excluding carboxylic acids is 1. The predicted molar refractivity (Wildman–Crippen MR) is 74.1 cm³/mol. The maximum Gasteiger partial charge on any atom is 0.224 e. The maximum absolute atomic E-state index is 11.6. The molecule has 0 saturated carbocycles. The normalized spacial score (nSPS) is 10.5. The van der Waals surface area contributed by atoms with Crippen LogP contribution in [0.5, 0.6) is 0 Å². The predicted octanol–water partition coefficient (Wildman–Crippen LogP) is 1.32. The summed E-state index contributed by atoms with van der Waals surface area (Å²) in [5, 5.41) is 10.9. The average molecular weight is 279 g/mol. The molecule has 6 heteroatoms. The van der Waals surface area contributed by atoms with E-state index in [1.807, 2.05) is 33.8 Å². The summed E-state index contributed by atoms with van der Waals surface area (Å²) in [6.07, 6.45) is 4.08. The quantitative estimate of drug-likeness (QED) is 0.742. The molecule has 0 radical (unpaired) electrons. The van der Waals surface area contributed by atoms with Crippen molar-refractivity contribution in [2.45, 2.75) is 13.0 Å². The largest absolute Gasteiger partial charge is 0.378 e. The standard InChI is InChI=1S/C13H17N3O2S/c17-13(10-12-2-9-19-11-12)14-4-7-18-8-6-16-5-1-3-15-16/h1-3,5,9,11H,4,6-8,10H2,(H,14,17). The zero-order chi connectivity index (χ0) is 13.3. The van der Waals surface area contributed by atoms with Gasteiger partial charge in [-0.25, -0.2) is 0 Å². The van der Waals surface area contributed by atoms with Crippen molar-refractivity contribution in [3.8, 4) is 0 Å². The summed E-state index contributed by atoms with van der Waals surface area (Å²) in [4.78, 5) is 11.6. The van der Waals surface area contributed by atoms with Crippen molar-refractivity contribution in [1.82, 2.24) is 15.1 Å². The summed E-state index contributed by atoms with van der Waals surface area (Å²) in [6, 6.07) is 3.84. The second kappa shape index (κ2) is 7.70. The van der Waals surface area contributed by atoms with Crippen LogP contribution >= 0.6 is 11.3 Å². The summed E-state index contributed by atoms with van der Waals surface area (Å²) < 4.78 is 7.23. The first kappa shape index (κ1) is 13.8. The number of hydrogen-bond acceptors (Lipinski definition) is 4. The molecule has 0 atom stereocenters. The monoisotopic (exact) mass is 279 g/mol. The van der Waals surface area contributed by atoms with E-state index >= 15 is 0 Å². The number of hydrogen-bond donors (Lipinski definition) is 1. The van der Waals surface area contributed by atoms with Crippen molar-refractivity contribution in [2.24, 2.45) is 0 Å². The average Bonchev–Trinajstić information content (AvgIpc) is 3.06. The molecule has 2 rings (SSSR count).